The van der Waals surface area contributed by atoms with Gasteiger partial charge in [-0.25, -0.2) is 9.78 Å². The highest BCUT2D eigenvalue weighted by atomic mass is 16.5. The number of carbonyl (C=O) groups excluding carboxylic acids is 3. The average molecular weight is 479 g/mol. The molecule has 0 bridgehead atoms. The molecule has 2 N–H and O–H groups in total. The number of fused-ring (bicyclic) bond motifs is 2. The molecule has 0 aliphatic rings. The van der Waals surface area contributed by atoms with E-state index in [9.17, 15) is 14.4 Å². The van der Waals surface area contributed by atoms with Gasteiger partial charge >= 0.3 is 5.97 Å². The Morgan fingerprint density at radius 3 is 2.25 bits per heavy atom. The van der Waals surface area contributed by atoms with Crippen LogP contribution in [0.4, 0.5) is 11.4 Å². The summed E-state index contributed by atoms with van der Waals surface area (Å²) in [5, 5.41) is 6.76. The molecule has 8 nitrogen and oxygen atoms in total. The van der Waals surface area contributed by atoms with Crippen LogP contribution in [0.15, 0.2) is 89.3 Å². The molecular weight excluding hydrogens is 458 g/mol. The minimum atomic E-state index is -0.639. The summed E-state index contributed by atoms with van der Waals surface area (Å²) in [6.45, 7) is 0.948. The maximum absolute atomic E-state index is 13.0. The van der Waals surface area contributed by atoms with Crippen LogP contribution in [0.5, 0.6) is 0 Å². The van der Waals surface area contributed by atoms with Crippen LogP contribution in [0, 0.1) is 0 Å². The predicted octanol–water partition coefficient (Wildman–Crippen LogP) is 5.40. The fourth-order valence-corrected chi connectivity index (χ4v) is 3.92. The summed E-state index contributed by atoms with van der Waals surface area (Å²) in [6.07, 6.45) is 0. The fourth-order valence-electron chi connectivity index (χ4n) is 3.92. The van der Waals surface area contributed by atoms with Crippen LogP contribution in [0.2, 0.25) is 0 Å². The number of ether oxygens (including phenoxy) is 1. The van der Waals surface area contributed by atoms with Crippen molar-refractivity contribution >= 4 is 51.0 Å². The maximum atomic E-state index is 13.0. The Morgan fingerprint density at radius 2 is 1.53 bits per heavy atom. The molecule has 178 valence electrons. The molecule has 36 heavy (non-hydrogen) atoms. The predicted molar refractivity (Wildman–Crippen MR) is 137 cm³/mol. The summed E-state index contributed by atoms with van der Waals surface area (Å²) >= 11 is 0. The molecule has 5 rings (SSSR count). The lowest BCUT2D eigenvalue weighted by Gasteiger charge is -2.11. The van der Waals surface area contributed by atoms with Crippen molar-refractivity contribution in [1.82, 2.24) is 4.98 Å². The van der Waals surface area contributed by atoms with Gasteiger partial charge in [-0.3, -0.25) is 9.59 Å². The molecular formula is C28H21N3O5. The van der Waals surface area contributed by atoms with E-state index in [1.165, 1.54) is 6.92 Å². The normalized spacial score (nSPS) is 10.8. The molecule has 8 heteroatoms. The second-order valence-electron chi connectivity index (χ2n) is 8.08. The summed E-state index contributed by atoms with van der Waals surface area (Å²) in [5.74, 6) is -0.927. The van der Waals surface area contributed by atoms with Crippen molar-refractivity contribution in [3.8, 4) is 11.5 Å². The monoisotopic (exact) mass is 479 g/mol. The number of benzene rings is 4. The smallest absolute Gasteiger partial charge is 0.339 e. The first-order chi connectivity index (χ1) is 17.5. The number of carbonyl (C=O) groups is 3. The van der Waals surface area contributed by atoms with E-state index in [2.05, 4.69) is 15.6 Å². The van der Waals surface area contributed by atoms with Crippen molar-refractivity contribution in [3.63, 3.8) is 0 Å². The molecule has 4 aromatic carbocycles. The van der Waals surface area contributed by atoms with E-state index in [1.54, 1.807) is 36.4 Å². The molecule has 0 saturated heterocycles. The number of esters is 1. The molecule has 0 fully saturated rings. The van der Waals surface area contributed by atoms with Gasteiger partial charge in [0.15, 0.2) is 12.2 Å². The van der Waals surface area contributed by atoms with E-state index in [1.807, 2.05) is 48.5 Å². The summed E-state index contributed by atoms with van der Waals surface area (Å²) in [7, 11) is 0. The van der Waals surface area contributed by atoms with E-state index in [0.717, 1.165) is 5.39 Å². The van der Waals surface area contributed by atoms with E-state index in [0.29, 0.717) is 44.9 Å². The van der Waals surface area contributed by atoms with E-state index < -0.39 is 18.5 Å². The van der Waals surface area contributed by atoms with Gasteiger partial charge in [0.2, 0.25) is 11.8 Å². The molecule has 0 atom stereocenters. The largest absolute Gasteiger partial charge is 0.452 e. The van der Waals surface area contributed by atoms with Gasteiger partial charge in [0.05, 0.1) is 5.56 Å². The van der Waals surface area contributed by atoms with Crippen molar-refractivity contribution in [1.29, 1.82) is 0 Å². The van der Waals surface area contributed by atoms with Crippen molar-refractivity contribution in [2.45, 2.75) is 6.92 Å². The fraction of sp³-hybridized carbons (Fsp3) is 0.0714. The number of oxazole rings is 1. The maximum Gasteiger partial charge on any atom is 0.339 e. The third-order valence-corrected chi connectivity index (χ3v) is 5.47. The lowest BCUT2D eigenvalue weighted by atomic mass is 9.99. The number of hydrogen-bond donors (Lipinski definition) is 2. The highest BCUT2D eigenvalue weighted by Crippen LogP contribution is 2.33. The molecule has 0 aliphatic heterocycles. The van der Waals surface area contributed by atoms with Crippen LogP contribution in [-0.2, 0) is 14.3 Å². The highest BCUT2D eigenvalue weighted by Gasteiger charge is 2.19. The van der Waals surface area contributed by atoms with Gasteiger partial charge in [0.25, 0.3) is 5.91 Å². The Balaban J connectivity index is 1.34. The van der Waals surface area contributed by atoms with Crippen molar-refractivity contribution in [2.75, 3.05) is 17.2 Å². The Bertz CT molecular complexity index is 1570. The minimum Gasteiger partial charge on any atom is -0.452 e. The van der Waals surface area contributed by atoms with Gasteiger partial charge in [0, 0.05) is 29.2 Å². The first kappa shape index (κ1) is 22.8. The van der Waals surface area contributed by atoms with Crippen molar-refractivity contribution in [3.05, 3.63) is 90.5 Å². The van der Waals surface area contributed by atoms with Crippen LogP contribution in [-0.4, -0.2) is 29.4 Å². The number of aromatic nitrogens is 1. The molecule has 0 spiro atoms. The standard InChI is InChI=1S/C28H21N3O5/c1-17(32)29-19-12-14-20(15-13-19)30-25(33)16-35-28(34)22-9-5-7-18-6-4-8-21(26(18)22)27-31-23-10-2-3-11-24(23)36-27/h2-15H,16H2,1H3,(H,29,32)(H,30,33). The van der Waals surface area contributed by atoms with Crippen LogP contribution >= 0.6 is 0 Å². The number of rotatable bonds is 6. The number of nitrogens with one attached hydrogen (secondary N) is 2. The van der Waals surface area contributed by atoms with Crippen LogP contribution < -0.4 is 10.6 Å². The zero-order valence-corrected chi connectivity index (χ0v) is 19.3. The molecule has 5 aromatic rings. The van der Waals surface area contributed by atoms with Gasteiger partial charge in [0.1, 0.15) is 5.52 Å². The summed E-state index contributed by atoms with van der Waals surface area (Å²) < 4.78 is 11.3. The molecule has 1 heterocycles. The van der Waals surface area contributed by atoms with Gasteiger partial charge < -0.3 is 19.8 Å². The average Bonchev–Trinajstić information content (AvgIpc) is 3.31. The lowest BCUT2D eigenvalue weighted by Crippen LogP contribution is -2.21. The Labute approximate surface area is 205 Å². The van der Waals surface area contributed by atoms with Crippen LogP contribution in [0.1, 0.15) is 17.3 Å². The third kappa shape index (κ3) is 4.78. The van der Waals surface area contributed by atoms with Crippen LogP contribution in [0.25, 0.3) is 33.3 Å². The molecule has 0 saturated carbocycles. The summed E-state index contributed by atoms with van der Waals surface area (Å²) in [6, 6.07) is 24.9. The first-order valence-electron chi connectivity index (χ1n) is 11.2. The lowest BCUT2D eigenvalue weighted by molar-refractivity contribution is -0.119. The highest BCUT2D eigenvalue weighted by molar-refractivity contribution is 6.10. The first-order valence-corrected chi connectivity index (χ1v) is 11.2. The Hall–Kier alpha value is -4.98. The Kier molecular flexibility index (Phi) is 6.15. The molecule has 2 amide bonds. The van der Waals surface area contributed by atoms with E-state index in [4.69, 9.17) is 9.15 Å². The number of anilines is 2. The topological polar surface area (TPSA) is 111 Å². The SMILES string of the molecule is CC(=O)Nc1ccc(NC(=O)COC(=O)c2cccc3cccc(-c4nc5ccccc5o4)c23)cc1. The van der Waals surface area contributed by atoms with Crippen LogP contribution in [0.3, 0.4) is 0 Å². The zero-order valence-electron chi connectivity index (χ0n) is 19.3. The zero-order chi connectivity index (χ0) is 25.1. The van der Waals surface area contributed by atoms with E-state index in [-0.39, 0.29) is 5.91 Å². The second kappa shape index (κ2) is 9.71. The number of nitrogens with zero attached hydrogens (tertiary/aromatic N) is 1. The van der Waals surface area contributed by atoms with Gasteiger partial charge in [-0.05, 0) is 53.9 Å². The summed E-state index contributed by atoms with van der Waals surface area (Å²) in [5.41, 5.74) is 3.43. The second-order valence-corrected chi connectivity index (χ2v) is 8.08. The third-order valence-electron chi connectivity index (χ3n) is 5.47. The Morgan fingerprint density at radius 1 is 0.833 bits per heavy atom. The molecule has 0 radical (unpaired) electrons. The van der Waals surface area contributed by atoms with Crippen molar-refractivity contribution in [2.24, 2.45) is 0 Å². The molecule has 0 aliphatic carbocycles. The van der Waals surface area contributed by atoms with Gasteiger partial charge in [-0.1, -0.05) is 36.4 Å². The minimum absolute atomic E-state index is 0.189. The molecule has 1 aromatic heterocycles. The number of amides is 2. The van der Waals surface area contributed by atoms with E-state index >= 15 is 0 Å². The van der Waals surface area contributed by atoms with Gasteiger partial charge in [-0.15, -0.1) is 0 Å². The number of para-hydroxylation sites is 2. The summed E-state index contributed by atoms with van der Waals surface area (Å²) in [4.78, 5) is 41.1. The number of hydrogen-bond acceptors (Lipinski definition) is 6. The molecule has 0 unspecified atom stereocenters. The van der Waals surface area contributed by atoms with Gasteiger partial charge in [-0.2, -0.15) is 0 Å². The quantitative estimate of drug-likeness (QED) is 0.316. The van der Waals surface area contributed by atoms with Crippen molar-refractivity contribution < 1.29 is 23.5 Å².